The molecule has 4 nitrogen and oxygen atoms in total. The molecule has 0 spiro atoms. The molecule has 0 bridgehead atoms. The fourth-order valence-electron chi connectivity index (χ4n) is 0.338. The summed E-state index contributed by atoms with van der Waals surface area (Å²) in [7, 11) is 1.49. The monoisotopic (exact) mass is 131 g/mol. The molecule has 1 N–H and O–H groups in total. The molecule has 9 heavy (non-hydrogen) atoms. The molecule has 0 atom stereocenters. The third-order valence-electron chi connectivity index (χ3n) is 0.793. The molecule has 0 aliphatic rings. The zero-order valence-corrected chi connectivity index (χ0v) is 5.20. The predicted molar refractivity (Wildman–Crippen MR) is 31.9 cm³/mol. The van der Waals surface area contributed by atoms with Gasteiger partial charge in [-0.15, -0.1) is 6.58 Å². The number of amides is 1. The summed E-state index contributed by atoms with van der Waals surface area (Å²) in [5, 5.41) is 7.81. The number of carbonyl (C=O) groups is 1. The lowest BCUT2D eigenvalue weighted by molar-refractivity contribution is -0.186. The van der Waals surface area contributed by atoms with Crippen LogP contribution < -0.4 is 0 Å². The topological polar surface area (TPSA) is 49.8 Å². The molecule has 0 aliphatic heterocycles. The highest BCUT2D eigenvalue weighted by molar-refractivity contribution is 5.66. The van der Waals surface area contributed by atoms with Crippen LogP contribution in [0.4, 0.5) is 4.79 Å². The maximum absolute atomic E-state index is 10.3. The quantitative estimate of drug-likeness (QED) is 0.341. The van der Waals surface area contributed by atoms with Crippen LogP contribution in [0, 0.1) is 0 Å². The molecule has 0 aromatic carbocycles. The lowest BCUT2D eigenvalue weighted by atomic mass is 10.6. The first-order chi connectivity index (χ1) is 4.22. The second kappa shape index (κ2) is 3.91. The number of hydrogen-bond donors (Lipinski definition) is 1. The molecule has 0 saturated heterocycles. The molecule has 0 aromatic heterocycles. The molecular formula is C5H9NO3. The first kappa shape index (κ1) is 7.97. The fourth-order valence-corrected chi connectivity index (χ4v) is 0.338. The van der Waals surface area contributed by atoms with Gasteiger partial charge in [-0.05, 0) is 0 Å². The fraction of sp³-hybridized carbons (Fsp3) is 0.400. The maximum Gasteiger partial charge on any atom is 0.441 e. The van der Waals surface area contributed by atoms with E-state index in [0.717, 1.165) is 0 Å². The van der Waals surface area contributed by atoms with E-state index in [1.54, 1.807) is 0 Å². The van der Waals surface area contributed by atoms with Crippen LogP contribution in [0.25, 0.3) is 0 Å². The molecule has 0 heterocycles. The van der Waals surface area contributed by atoms with Crippen LogP contribution in [-0.4, -0.2) is 29.8 Å². The van der Waals surface area contributed by atoms with Gasteiger partial charge in [-0.2, -0.15) is 5.26 Å². The number of hydrogen-bond acceptors (Lipinski definition) is 3. The Balaban J connectivity index is 3.58. The second-order valence-electron chi connectivity index (χ2n) is 1.53. The Bertz CT molecular complexity index is 113. The van der Waals surface area contributed by atoms with E-state index in [2.05, 4.69) is 11.5 Å². The highest BCUT2D eigenvalue weighted by Gasteiger charge is 2.05. The minimum atomic E-state index is -0.782. The Labute approximate surface area is 53.3 Å². The molecule has 0 aliphatic carbocycles. The Morgan fingerprint density at radius 3 is 2.89 bits per heavy atom. The summed E-state index contributed by atoms with van der Waals surface area (Å²) in [5.41, 5.74) is 0. The van der Waals surface area contributed by atoms with Gasteiger partial charge < -0.3 is 4.90 Å². The molecule has 4 heteroatoms. The third-order valence-corrected chi connectivity index (χ3v) is 0.793. The van der Waals surface area contributed by atoms with Gasteiger partial charge in [-0.25, -0.2) is 4.79 Å². The smallest absolute Gasteiger partial charge is 0.305 e. The normalized spacial score (nSPS) is 8.22. The van der Waals surface area contributed by atoms with Gasteiger partial charge in [0.1, 0.15) is 0 Å². The van der Waals surface area contributed by atoms with E-state index in [1.807, 2.05) is 0 Å². The van der Waals surface area contributed by atoms with E-state index in [1.165, 1.54) is 18.0 Å². The largest absolute Gasteiger partial charge is 0.441 e. The number of carbonyl (C=O) groups excluding carboxylic acids is 1. The Kier molecular flexibility index (Phi) is 3.46. The van der Waals surface area contributed by atoms with Gasteiger partial charge in [0.2, 0.25) is 0 Å². The summed E-state index contributed by atoms with van der Waals surface area (Å²) >= 11 is 0. The first-order valence-electron chi connectivity index (χ1n) is 2.39. The van der Waals surface area contributed by atoms with Gasteiger partial charge in [0.05, 0.1) is 0 Å². The van der Waals surface area contributed by atoms with Crippen molar-refractivity contribution in [3.8, 4) is 0 Å². The van der Waals surface area contributed by atoms with Crippen LogP contribution in [0.1, 0.15) is 0 Å². The number of rotatable bonds is 2. The van der Waals surface area contributed by atoms with Gasteiger partial charge in [0.25, 0.3) is 0 Å². The molecule has 0 rings (SSSR count). The van der Waals surface area contributed by atoms with Crippen molar-refractivity contribution < 1.29 is 14.9 Å². The number of likely N-dealkylation sites (N-methyl/N-ethyl adjacent to an activating group) is 1. The van der Waals surface area contributed by atoms with Gasteiger partial charge in [-0.3, -0.25) is 4.89 Å². The molecule has 0 fully saturated rings. The van der Waals surface area contributed by atoms with Crippen LogP contribution in [0.2, 0.25) is 0 Å². The molecule has 0 unspecified atom stereocenters. The van der Waals surface area contributed by atoms with Crippen molar-refractivity contribution in [3.05, 3.63) is 12.7 Å². The lowest BCUT2D eigenvalue weighted by Gasteiger charge is -2.09. The third kappa shape index (κ3) is 2.71. The lowest BCUT2D eigenvalue weighted by Crippen LogP contribution is -2.26. The average Bonchev–Trinajstić information content (AvgIpc) is 1.87. The molecule has 0 aromatic rings. The highest BCUT2D eigenvalue weighted by atomic mass is 17.1. The predicted octanol–water partition coefficient (Wildman–Crippen LogP) is 0.714. The van der Waals surface area contributed by atoms with Crippen molar-refractivity contribution in [1.29, 1.82) is 0 Å². The molecular weight excluding hydrogens is 122 g/mol. The van der Waals surface area contributed by atoms with E-state index in [4.69, 9.17) is 5.26 Å². The van der Waals surface area contributed by atoms with E-state index in [9.17, 15) is 4.79 Å². The van der Waals surface area contributed by atoms with E-state index in [0.29, 0.717) is 6.54 Å². The van der Waals surface area contributed by atoms with Crippen LogP contribution >= 0.6 is 0 Å². The zero-order chi connectivity index (χ0) is 7.28. The van der Waals surface area contributed by atoms with Crippen LogP contribution in [0.15, 0.2) is 12.7 Å². The second-order valence-corrected chi connectivity index (χ2v) is 1.53. The highest BCUT2D eigenvalue weighted by Crippen LogP contribution is 1.85. The molecule has 1 amide bonds. The van der Waals surface area contributed by atoms with Gasteiger partial charge >= 0.3 is 6.09 Å². The van der Waals surface area contributed by atoms with Crippen LogP contribution in [0.5, 0.6) is 0 Å². The SMILES string of the molecule is C=CCN(C)C(=O)OO. The van der Waals surface area contributed by atoms with Gasteiger partial charge in [-0.1, -0.05) is 6.08 Å². The van der Waals surface area contributed by atoms with Crippen LogP contribution in [0.3, 0.4) is 0 Å². The molecule has 0 saturated carbocycles. The van der Waals surface area contributed by atoms with Crippen molar-refractivity contribution in [2.24, 2.45) is 0 Å². The summed E-state index contributed by atoms with van der Waals surface area (Å²) in [6.45, 7) is 3.75. The van der Waals surface area contributed by atoms with Crippen molar-refractivity contribution >= 4 is 6.09 Å². The van der Waals surface area contributed by atoms with E-state index < -0.39 is 6.09 Å². The van der Waals surface area contributed by atoms with E-state index >= 15 is 0 Å². The summed E-state index contributed by atoms with van der Waals surface area (Å²) in [4.78, 5) is 14.9. The van der Waals surface area contributed by atoms with Gasteiger partial charge in [0, 0.05) is 13.6 Å². The van der Waals surface area contributed by atoms with Gasteiger partial charge in [0.15, 0.2) is 0 Å². The van der Waals surface area contributed by atoms with Crippen molar-refractivity contribution in [3.63, 3.8) is 0 Å². The minimum Gasteiger partial charge on any atom is -0.305 e. The van der Waals surface area contributed by atoms with Crippen molar-refractivity contribution in [2.75, 3.05) is 13.6 Å². The number of nitrogens with zero attached hydrogens (tertiary/aromatic N) is 1. The first-order valence-corrected chi connectivity index (χ1v) is 2.39. The van der Waals surface area contributed by atoms with Crippen LogP contribution in [-0.2, 0) is 4.89 Å². The summed E-state index contributed by atoms with van der Waals surface area (Å²) < 4.78 is 0. The Hall–Kier alpha value is -1.03. The summed E-state index contributed by atoms with van der Waals surface area (Å²) in [6.07, 6.45) is 0.742. The summed E-state index contributed by atoms with van der Waals surface area (Å²) in [5.74, 6) is 0. The molecule has 0 radical (unpaired) electrons. The van der Waals surface area contributed by atoms with Crippen molar-refractivity contribution in [1.82, 2.24) is 4.90 Å². The zero-order valence-electron chi connectivity index (χ0n) is 5.20. The Morgan fingerprint density at radius 2 is 2.56 bits per heavy atom. The molecule has 52 valence electrons. The maximum atomic E-state index is 10.3. The minimum absolute atomic E-state index is 0.361. The van der Waals surface area contributed by atoms with E-state index in [-0.39, 0.29) is 0 Å². The standard InChI is InChI=1S/C5H9NO3/c1-3-4-6(2)5(7)9-8/h3,8H,1,4H2,2H3. The Morgan fingerprint density at radius 1 is 2.00 bits per heavy atom. The average molecular weight is 131 g/mol. The summed E-state index contributed by atoms with van der Waals surface area (Å²) in [6, 6.07) is 0. The van der Waals surface area contributed by atoms with Crippen molar-refractivity contribution in [2.45, 2.75) is 0 Å².